The molecule has 0 fully saturated rings. The van der Waals surface area contributed by atoms with Crippen LogP contribution in [0.4, 0.5) is 0 Å². The Hall–Kier alpha value is -0.810. The Morgan fingerprint density at radius 1 is 1.44 bits per heavy atom. The van der Waals surface area contributed by atoms with Crippen molar-refractivity contribution in [3.05, 3.63) is 28.9 Å². The van der Waals surface area contributed by atoms with E-state index in [-0.39, 0.29) is 0 Å². The summed E-state index contributed by atoms with van der Waals surface area (Å²) < 4.78 is 0. The lowest BCUT2D eigenvalue weighted by atomic mass is 10.2. The molecule has 0 aromatic carbocycles. The molecule has 5 heteroatoms. The van der Waals surface area contributed by atoms with E-state index < -0.39 is 0 Å². The first kappa shape index (κ1) is 11.7. The van der Waals surface area contributed by atoms with E-state index in [0.717, 1.165) is 27.7 Å². The third-order valence-corrected chi connectivity index (χ3v) is 4.71. The van der Waals surface area contributed by atoms with Crippen molar-refractivity contribution in [2.75, 3.05) is 0 Å². The standard InChI is InChI=1S/C11H12BrN3S/c1-3-8(12)10-14-15-11(16-10)9-7(2)5-4-6-13-9/h4-6,8H,3H2,1-2H3. The summed E-state index contributed by atoms with van der Waals surface area (Å²) in [5.41, 5.74) is 2.06. The molecular formula is C11H12BrN3S. The van der Waals surface area contributed by atoms with E-state index in [2.05, 4.69) is 38.0 Å². The van der Waals surface area contributed by atoms with Gasteiger partial charge in [0.15, 0.2) is 5.01 Å². The lowest BCUT2D eigenvalue weighted by molar-refractivity contribution is 0.870. The predicted molar refractivity (Wildman–Crippen MR) is 69.8 cm³/mol. The Kier molecular flexibility index (Phi) is 3.66. The lowest BCUT2D eigenvalue weighted by Crippen LogP contribution is -1.86. The predicted octanol–water partition coefficient (Wildman–Crippen LogP) is 3.75. The molecule has 3 nitrogen and oxygen atoms in total. The van der Waals surface area contributed by atoms with Gasteiger partial charge in [0, 0.05) is 6.20 Å². The molecular weight excluding hydrogens is 286 g/mol. The van der Waals surface area contributed by atoms with Gasteiger partial charge in [-0.25, -0.2) is 0 Å². The molecule has 2 heterocycles. The fraction of sp³-hybridized carbons (Fsp3) is 0.364. The number of aryl methyl sites for hydroxylation is 1. The Bertz CT molecular complexity index is 484. The number of alkyl halides is 1. The largest absolute Gasteiger partial charge is 0.253 e. The molecule has 0 spiro atoms. The van der Waals surface area contributed by atoms with Gasteiger partial charge in [0.25, 0.3) is 0 Å². The van der Waals surface area contributed by atoms with E-state index >= 15 is 0 Å². The minimum atomic E-state index is 0.294. The number of hydrogen-bond acceptors (Lipinski definition) is 4. The molecule has 2 aromatic rings. The van der Waals surface area contributed by atoms with Crippen LogP contribution in [0.25, 0.3) is 10.7 Å². The highest BCUT2D eigenvalue weighted by atomic mass is 79.9. The van der Waals surface area contributed by atoms with Gasteiger partial charge >= 0.3 is 0 Å². The minimum absolute atomic E-state index is 0.294. The first-order chi connectivity index (χ1) is 7.72. The summed E-state index contributed by atoms with van der Waals surface area (Å²) in [7, 11) is 0. The van der Waals surface area contributed by atoms with Crippen molar-refractivity contribution in [3.63, 3.8) is 0 Å². The molecule has 1 unspecified atom stereocenters. The van der Waals surface area contributed by atoms with Crippen LogP contribution in [0.15, 0.2) is 18.3 Å². The molecule has 16 heavy (non-hydrogen) atoms. The molecule has 0 saturated heterocycles. The second-order valence-corrected chi connectivity index (χ2v) is 5.60. The molecule has 1 atom stereocenters. The van der Waals surface area contributed by atoms with Crippen LogP contribution in [0, 0.1) is 6.92 Å². The molecule has 2 rings (SSSR count). The second-order valence-electron chi connectivity index (χ2n) is 3.49. The maximum atomic E-state index is 4.34. The fourth-order valence-corrected chi connectivity index (χ4v) is 2.68. The number of halogens is 1. The van der Waals surface area contributed by atoms with Crippen LogP contribution < -0.4 is 0 Å². The van der Waals surface area contributed by atoms with Crippen LogP contribution in [-0.4, -0.2) is 15.2 Å². The van der Waals surface area contributed by atoms with Gasteiger partial charge in [0.2, 0.25) is 0 Å². The highest BCUT2D eigenvalue weighted by Gasteiger charge is 2.14. The highest BCUT2D eigenvalue weighted by Crippen LogP contribution is 2.32. The number of rotatable bonds is 3. The van der Waals surface area contributed by atoms with Crippen molar-refractivity contribution < 1.29 is 0 Å². The van der Waals surface area contributed by atoms with E-state index in [4.69, 9.17) is 0 Å². The third-order valence-electron chi connectivity index (χ3n) is 2.28. The van der Waals surface area contributed by atoms with Crippen molar-refractivity contribution >= 4 is 27.3 Å². The number of pyridine rings is 1. The number of nitrogens with zero attached hydrogens (tertiary/aromatic N) is 3. The summed E-state index contributed by atoms with van der Waals surface area (Å²) in [5, 5.41) is 10.3. The molecule has 0 aliphatic heterocycles. The molecule has 0 aliphatic rings. The zero-order valence-electron chi connectivity index (χ0n) is 9.14. The summed E-state index contributed by atoms with van der Waals surface area (Å²) in [6.45, 7) is 4.15. The van der Waals surface area contributed by atoms with Crippen molar-refractivity contribution in [2.24, 2.45) is 0 Å². The van der Waals surface area contributed by atoms with Crippen molar-refractivity contribution in [1.82, 2.24) is 15.2 Å². The van der Waals surface area contributed by atoms with Crippen LogP contribution in [-0.2, 0) is 0 Å². The van der Waals surface area contributed by atoms with Gasteiger partial charge < -0.3 is 0 Å². The van der Waals surface area contributed by atoms with Gasteiger partial charge in [-0.05, 0) is 25.0 Å². The smallest absolute Gasteiger partial charge is 0.166 e. The quantitative estimate of drug-likeness (QED) is 0.810. The number of aromatic nitrogens is 3. The Morgan fingerprint density at radius 3 is 2.94 bits per heavy atom. The highest BCUT2D eigenvalue weighted by molar-refractivity contribution is 9.09. The summed E-state index contributed by atoms with van der Waals surface area (Å²) in [6, 6.07) is 3.97. The first-order valence-corrected chi connectivity index (χ1v) is 6.85. The van der Waals surface area contributed by atoms with Crippen molar-refractivity contribution in [2.45, 2.75) is 25.1 Å². The molecule has 2 aromatic heterocycles. The third kappa shape index (κ3) is 2.30. The molecule has 84 valence electrons. The minimum Gasteiger partial charge on any atom is -0.253 e. The van der Waals surface area contributed by atoms with Gasteiger partial charge in [-0.1, -0.05) is 40.3 Å². The molecule has 0 radical (unpaired) electrons. The van der Waals surface area contributed by atoms with Gasteiger partial charge in [0.1, 0.15) is 10.7 Å². The molecule has 0 amide bonds. The summed E-state index contributed by atoms with van der Waals surface area (Å²) in [4.78, 5) is 4.63. The molecule has 0 bridgehead atoms. The lowest BCUT2D eigenvalue weighted by Gasteiger charge is -1.99. The van der Waals surface area contributed by atoms with Gasteiger partial charge in [-0.15, -0.1) is 10.2 Å². The summed E-state index contributed by atoms with van der Waals surface area (Å²) >= 11 is 5.18. The molecule has 0 saturated carbocycles. The van der Waals surface area contributed by atoms with Crippen LogP contribution in [0.5, 0.6) is 0 Å². The van der Waals surface area contributed by atoms with Crippen LogP contribution in [0.2, 0.25) is 0 Å². The van der Waals surface area contributed by atoms with E-state index in [1.54, 1.807) is 17.5 Å². The van der Waals surface area contributed by atoms with E-state index in [1.165, 1.54) is 0 Å². The van der Waals surface area contributed by atoms with E-state index in [1.807, 2.05) is 19.1 Å². The zero-order valence-corrected chi connectivity index (χ0v) is 11.5. The Labute approximate surface area is 107 Å². The van der Waals surface area contributed by atoms with Crippen molar-refractivity contribution in [1.29, 1.82) is 0 Å². The average molecular weight is 298 g/mol. The SMILES string of the molecule is CCC(Br)c1nnc(-c2ncccc2C)s1. The van der Waals surface area contributed by atoms with Gasteiger partial charge in [-0.3, -0.25) is 4.98 Å². The normalized spacial score (nSPS) is 12.7. The molecule has 0 N–H and O–H groups in total. The van der Waals surface area contributed by atoms with Crippen LogP contribution >= 0.6 is 27.3 Å². The van der Waals surface area contributed by atoms with E-state index in [9.17, 15) is 0 Å². The van der Waals surface area contributed by atoms with E-state index in [0.29, 0.717) is 4.83 Å². The van der Waals surface area contributed by atoms with Gasteiger partial charge in [0.05, 0.1) is 4.83 Å². The topological polar surface area (TPSA) is 38.7 Å². The van der Waals surface area contributed by atoms with Crippen molar-refractivity contribution in [3.8, 4) is 10.7 Å². The first-order valence-electron chi connectivity index (χ1n) is 5.11. The molecule has 0 aliphatic carbocycles. The maximum absolute atomic E-state index is 4.34. The zero-order chi connectivity index (χ0) is 11.5. The Morgan fingerprint density at radius 2 is 2.25 bits per heavy atom. The average Bonchev–Trinajstić information content (AvgIpc) is 2.78. The fourth-order valence-electron chi connectivity index (χ4n) is 1.34. The summed E-state index contributed by atoms with van der Waals surface area (Å²) in [5.74, 6) is 0. The van der Waals surface area contributed by atoms with Crippen LogP contribution in [0.3, 0.4) is 0 Å². The van der Waals surface area contributed by atoms with Crippen LogP contribution in [0.1, 0.15) is 28.7 Å². The summed E-state index contributed by atoms with van der Waals surface area (Å²) in [6.07, 6.45) is 2.80. The number of hydrogen-bond donors (Lipinski definition) is 0. The second kappa shape index (κ2) is 5.01. The maximum Gasteiger partial charge on any atom is 0.166 e. The van der Waals surface area contributed by atoms with Gasteiger partial charge in [-0.2, -0.15) is 0 Å². The monoisotopic (exact) mass is 297 g/mol. The Balaban J connectivity index is 2.35.